The zero-order chi connectivity index (χ0) is 15.4. The van der Waals surface area contributed by atoms with Crippen LogP contribution in [0.1, 0.15) is 43.2 Å². The molecule has 3 rings (SSSR count). The summed E-state index contributed by atoms with van der Waals surface area (Å²) in [5, 5.41) is 22.9. The number of carboxylic acid groups (broad SMARTS) is 1. The molecule has 1 aromatic carbocycles. The molecule has 0 radical (unpaired) electrons. The van der Waals surface area contributed by atoms with Gasteiger partial charge in [0.05, 0.1) is 0 Å². The van der Waals surface area contributed by atoms with E-state index in [0.29, 0.717) is 24.1 Å². The molecule has 1 aliphatic carbocycles. The van der Waals surface area contributed by atoms with Crippen LogP contribution >= 0.6 is 0 Å². The Balaban J connectivity index is 0.000000232. The zero-order valence-corrected chi connectivity index (χ0v) is 12.6. The van der Waals surface area contributed by atoms with Crippen LogP contribution in [0.15, 0.2) is 18.2 Å². The lowest BCUT2D eigenvalue weighted by atomic mass is 9.88. The van der Waals surface area contributed by atoms with Crippen molar-refractivity contribution >= 4 is 6.09 Å². The van der Waals surface area contributed by atoms with Crippen LogP contribution in [0.4, 0.5) is 4.79 Å². The van der Waals surface area contributed by atoms with Crippen molar-refractivity contribution < 1.29 is 15.0 Å². The molecule has 0 aromatic heterocycles. The standard InChI is InChI=1S/C13H17NO.C3H7NO2/c1-2-9-10-4-3-8(15)5-11(10)13-7-14-6-12(9)13;1-2-4-3(5)6/h3-5,9,12-15H,2,6-7H2,1H3;4H,2H2,1H3,(H,5,6). The van der Waals surface area contributed by atoms with Gasteiger partial charge in [-0.15, -0.1) is 0 Å². The summed E-state index contributed by atoms with van der Waals surface area (Å²) in [7, 11) is 0. The van der Waals surface area contributed by atoms with Crippen LogP contribution in [0.25, 0.3) is 0 Å². The SMILES string of the molecule is CCC1c2ccc(O)cc2C2CNCC12.CCNC(=O)O. The first-order valence-corrected chi connectivity index (χ1v) is 7.58. The lowest BCUT2D eigenvalue weighted by molar-refractivity contribution is 0.195. The number of carbonyl (C=O) groups is 1. The lowest BCUT2D eigenvalue weighted by Crippen LogP contribution is -2.19. The second kappa shape index (κ2) is 6.80. The Labute approximate surface area is 125 Å². The Bertz CT molecular complexity index is 504. The van der Waals surface area contributed by atoms with Crippen molar-refractivity contribution in [2.75, 3.05) is 19.6 Å². The van der Waals surface area contributed by atoms with Gasteiger partial charge in [0.2, 0.25) is 0 Å². The molecule has 1 amide bonds. The number of nitrogens with one attached hydrogen (secondary N) is 2. The minimum absolute atomic E-state index is 0.413. The van der Waals surface area contributed by atoms with Crippen LogP contribution in [0.2, 0.25) is 0 Å². The van der Waals surface area contributed by atoms with Crippen LogP contribution in [0, 0.1) is 5.92 Å². The first-order chi connectivity index (χ1) is 10.1. The molecule has 1 heterocycles. The van der Waals surface area contributed by atoms with Gasteiger partial charge in [-0.05, 0) is 55.0 Å². The minimum Gasteiger partial charge on any atom is -0.508 e. The fraction of sp³-hybridized carbons (Fsp3) is 0.562. The highest BCUT2D eigenvalue weighted by Gasteiger charge is 2.42. The van der Waals surface area contributed by atoms with Gasteiger partial charge in [-0.1, -0.05) is 13.0 Å². The number of phenolic OH excluding ortho intramolecular Hbond substituents is 1. The fourth-order valence-electron chi connectivity index (χ4n) is 3.59. The third kappa shape index (κ3) is 3.29. The van der Waals surface area contributed by atoms with E-state index in [0.717, 1.165) is 19.0 Å². The summed E-state index contributed by atoms with van der Waals surface area (Å²) in [5.74, 6) is 2.50. The van der Waals surface area contributed by atoms with Crippen molar-refractivity contribution in [2.24, 2.45) is 5.92 Å². The van der Waals surface area contributed by atoms with E-state index in [1.807, 2.05) is 12.1 Å². The quantitative estimate of drug-likeness (QED) is 0.675. The normalized spacial score (nSPS) is 25.5. The monoisotopic (exact) mass is 292 g/mol. The Kier molecular flexibility index (Phi) is 5.07. The van der Waals surface area contributed by atoms with E-state index in [1.165, 1.54) is 17.5 Å². The summed E-state index contributed by atoms with van der Waals surface area (Å²) >= 11 is 0. The van der Waals surface area contributed by atoms with Gasteiger partial charge in [-0.3, -0.25) is 0 Å². The van der Waals surface area contributed by atoms with Crippen molar-refractivity contribution in [2.45, 2.75) is 32.1 Å². The van der Waals surface area contributed by atoms with Crippen LogP contribution in [0.5, 0.6) is 5.75 Å². The maximum atomic E-state index is 9.55. The second-order valence-corrected chi connectivity index (χ2v) is 5.59. The highest BCUT2D eigenvalue weighted by Crippen LogP contribution is 2.50. The van der Waals surface area contributed by atoms with E-state index in [2.05, 4.69) is 23.6 Å². The van der Waals surface area contributed by atoms with Crippen LogP contribution in [-0.4, -0.2) is 35.9 Å². The Hall–Kier alpha value is -1.75. The van der Waals surface area contributed by atoms with Crippen LogP contribution < -0.4 is 10.6 Å². The van der Waals surface area contributed by atoms with E-state index >= 15 is 0 Å². The molecule has 1 saturated heterocycles. The van der Waals surface area contributed by atoms with Gasteiger partial charge in [-0.25, -0.2) is 4.79 Å². The number of benzene rings is 1. The number of aromatic hydroxyl groups is 1. The highest BCUT2D eigenvalue weighted by molar-refractivity contribution is 5.64. The van der Waals surface area contributed by atoms with Crippen molar-refractivity contribution in [1.82, 2.24) is 10.6 Å². The zero-order valence-electron chi connectivity index (χ0n) is 12.6. The topological polar surface area (TPSA) is 81.6 Å². The summed E-state index contributed by atoms with van der Waals surface area (Å²) in [6, 6.07) is 5.92. The average Bonchev–Trinajstić information content (AvgIpc) is 2.99. The van der Waals surface area contributed by atoms with Crippen molar-refractivity contribution in [3.63, 3.8) is 0 Å². The molecule has 1 aromatic rings. The van der Waals surface area contributed by atoms with Gasteiger partial charge in [0, 0.05) is 19.0 Å². The number of hydrogen-bond acceptors (Lipinski definition) is 3. The van der Waals surface area contributed by atoms with E-state index in [1.54, 1.807) is 6.92 Å². The van der Waals surface area contributed by atoms with E-state index in [4.69, 9.17) is 5.11 Å². The first kappa shape index (κ1) is 15.6. The van der Waals surface area contributed by atoms with Crippen LogP contribution in [-0.2, 0) is 0 Å². The number of phenols is 1. The van der Waals surface area contributed by atoms with E-state index in [9.17, 15) is 9.90 Å². The molecule has 21 heavy (non-hydrogen) atoms. The smallest absolute Gasteiger partial charge is 0.404 e. The van der Waals surface area contributed by atoms with E-state index < -0.39 is 6.09 Å². The summed E-state index contributed by atoms with van der Waals surface area (Å²) in [6.07, 6.45) is 0.248. The van der Waals surface area contributed by atoms with E-state index in [-0.39, 0.29) is 0 Å². The number of rotatable bonds is 2. The molecule has 4 N–H and O–H groups in total. The molecule has 2 aliphatic rings. The summed E-state index contributed by atoms with van der Waals surface area (Å²) in [6.45, 7) is 6.70. The lowest BCUT2D eigenvalue weighted by Gasteiger charge is -2.16. The van der Waals surface area contributed by atoms with Gasteiger partial charge >= 0.3 is 6.09 Å². The molecule has 0 spiro atoms. The molecule has 1 aliphatic heterocycles. The molecule has 5 heteroatoms. The molecule has 116 valence electrons. The summed E-state index contributed by atoms with van der Waals surface area (Å²) in [5.41, 5.74) is 2.86. The summed E-state index contributed by atoms with van der Waals surface area (Å²) < 4.78 is 0. The maximum Gasteiger partial charge on any atom is 0.404 e. The average molecular weight is 292 g/mol. The van der Waals surface area contributed by atoms with Gasteiger partial charge in [-0.2, -0.15) is 0 Å². The fourth-order valence-corrected chi connectivity index (χ4v) is 3.59. The number of fused-ring (bicyclic) bond motifs is 3. The van der Waals surface area contributed by atoms with Gasteiger partial charge in [0.15, 0.2) is 0 Å². The van der Waals surface area contributed by atoms with Crippen LogP contribution in [0.3, 0.4) is 0 Å². The predicted molar refractivity (Wildman–Crippen MR) is 81.9 cm³/mol. The number of amides is 1. The predicted octanol–water partition coefficient (Wildman–Crippen LogP) is 2.48. The Morgan fingerprint density at radius 2 is 2.10 bits per heavy atom. The van der Waals surface area contributed by atoms with Gasteiger partial charge in [0.1, 0.15) is 5.75 Å². The Morgan fingerprint density at radius 1 is 1.33 bits per heavy atom. The molecule has 0 bridgehead atoms. The first-order valence-electron chi connectivity index (χ1n) is 7.58. The third-order valence-corrected chi connectivity index (χ3v) is 4.42. The molecule has 1 fully saturated rings. The summed E-state index contributed by atoms with van der Waals surface area (Å²) in [4.78, 5) is 9.49. The maximum absolute atomic E-state index is 9.55. The third-order valence-electron chi connectivity index (χ3n) is 4.42. The van der Waals surface area contributed by atoms with Gasteiger partial charge < -0.3 is 20.8 Å². The van der Waals surface area contributed by atoms with Crippen molar-refractivity contribution in [3.05, 3.63) is 29.3 Å². The Morgan fingerprint density at radius 3 is 2.67 bits per heavy atom. The molecular formula is C16H24N2O3. The van der Waals surface area contributed by atoms with Crippen molar-refractivity contribution in [1.29, 1.82) is 0 Å². The molecule has 3 unspecified atom stereocenters. The molecule has 3 atom stereocenters. The van der Waals surface area contributed by atoms with Gasteiger partial charge in [0.25, 0.3) is 0 Å². The molecule has 0 saturated carbocycles. The molecular weight excluding hydrogens is 268 g/mol. The second-order valence-electron chi connectivity index (χ2n) is 5.59. The number of hydrogen-bond donors (Lipinski definition) is 4. The largest absolute Gasteiger partial charge is 0.508 e. The minimum atomic E-state index is -0.961. The van der Waals surface area contributed by atoms with Crippen molar-refractivity contribution in [3.8, 4) is 5.75 Å². The highest BCUT2D eigenvalue weighted by atomic mass is 16.4. The molecule has 5 nitrogen and oxygen atoms in total.